The summed E-state index contributed by atoms with van der Waals surface area (Å²) in [5.41, 5.74) is 0.419. The van der Waals surface area contributed by atoms with E-state index in [4.69, 9.17) is 16.3 Å². The van der Waals surface area contributed by atoms with Crippen LogP contribution in [0.5, 0.6) is 0 Å². The summed E-state index contributed by atoms with van der Waals surface area (Å²) in [6.45, 7) is 1.48. The number of carbonyl (C=O) groups excluding carboxylic acids is 1. The predicted molar refractivity (Wildman–Crippen MR) is 67.1 cm³/mol. The molecule has 1 saturated heterocycles. The average Bonchev–Trinajstić information content (AvgIpc) is 2.41. The van der Waals surface area contributed by atoms with Crippen molar-refractivity contribution in [3.8, 4) is 0 Å². The molecular weight excluding hydrogens is 257 g/mol. The van der Waals surface area contributed by atoms with E-state index in [0.29, 0.717) is 31.2 Å². The Bertz CT molecular complexity index is 427. The number of ether oxygens (including phenoxy) is 1. The van der Waals surface area contributed by atoms with Gasteiger partial charge < -0.3 is 9.64 Å². The van der Waals surface area contributed by atoms with Gasteiger partial charge in [0.15, 0.2) is 0 Å². The first-order valence-corrected chi connectivity index (χ1v) is 6.42. The zero-order valence-corrected chi connectivity index (χ0v) is 10.7. The Labute approximate surface area is 110 Å². The van der Waals surface area contributed by atoms with Gasteiger partial charge in [0.25, 0.3) is 0 Å². The van der Waals surface area contributed by atoms with E-state index in [1.165, 1.54) is 6.07 Å². The zero-order chi connectivity index (χ0) is 13.0. The Morgan fingerprint density at radius 3 is 3.00 bits per heavy atom. The molecule has 0 aliphatic carbocycles. The molecular formula is C13H15ClFNO2. The fourth-order valence-electron chi connectivity index (χ4n) is 2.02. The highest BCUT2D eigenvalue weighted by molar-refractivity contribution is 6.18. The van der Waals surface area contributed by atoms with Crippen molar-refractivity contribution >= 4 is 17.5 Å². The maximum atomic E-state index is 13.5. The van der Waals surface area contributed by atoms with Crippen molar-refractivity contribution in [2.45, 2.75) is 12.5 Å². The molecule has 1 fully saturated rings. The van der Waals surface area contributed by atoms with Gasteiger partial charge in [-0.25, -0.2) is 4.39 Å². The van der Waals surface area contributed by atoms with Gasteiger partial charge in [0.2, 0.25) is 5.91 Å². The molecule has 1 heterocycles. The number of amides is 1. The molecule has 0 aromatic heterocycles. The van der Waals surface area contributed by atoms with Gasteiger partial charge in [-0.2, -0.15) is 0 Å². The lowest BCUT2D eigenvalue weighted by Gasteiger charge is -2.34. The van der Waals surface area contributed by atoms with E-state index in [9.17, 15) is 9.18 Å². The molecule has 0 radical (unpaired) electrons. The van der Waals surface area contributed by atoms with Gasteiger partial charge in [0, 0.05) is 12.4 Å². The van der Waals surface area contributed by atoms with Gasteiger partial charge in [-0.3, -0.25) is 4.79 Å². The Balaban J connectivity index is 2.05. The molecule has 0 saturated carbocycles. The van der Waals surface area contributed by atoms with Crippen molar-refractivity contribution in [1.82, 2.24) is 4.90 Å². The molecule has 1 aromatic carbocycles. The number of alkyl halides is 1. The van der Waals surface area contributed by atoms with Gasteiger partial charge in [-0.05, 0) is 11.6 Å². The first-order valence-electron chi connectivity index (χ1n) is 5.89. The van der Waals surface area contributed by atoms with E-state index >= 15 is 0 Å². The van der Waals surface area contributed by atoms with Crippen LogP contribution >= 0.6 is 11.6 Å². The zero-order valence-electron chi connectivity index (χ0n) is 9.94. The van der Waals surface area contributed by atoms with Crippen molar-refractivity contribution in [3.63, 3.8) is 0 Å². The van der Waals surface area contributed by atoms with E-state index in [2.05, 4.69) is 0 Å². The lowest BCUT2D eigenvalue weighted by molar-refractivity contribution is -0.138. The third-order valence-corrected chi connectivity index (χ3v) is 3.38. The molecule has 1 unspecified atom stereocenters. The average molecular weight is 272 g/mol. The Morgan fingerprint density at radius 1 is 1.50 bits per heavy atom. The van der Waals surface area contributed by atoms with Crippen LogP contribution in [-0.2, 0) is 16.0 Å². The quantitative estimate of drug-likeness (QED) is 0.785. The second-order valence-corrected chi connectivity index (χ2v) is 4.55. The van der Waals surface area contributed by atoms with Crippen LogP contribution in [-0.4, -0.2) is 42.5 Å². The van der Waals surface area contributed by atoms with Crippen molar-refractivity contribution < 1.29 is 13.9 Å². The van der Waals surface area contributed by atoms with Crippen LogP contribution in [0.3, 0.4) is 0 Å². The van der Waals surface area contributed by atoms with Crippen LogP contribution in [0.2, 0.25) is 0 Å². The van der Waals surface area contributed by atoms with Crippen LogP contribution < -0.4 is 0 Å². The van der Waals surface area contributed by atoms with E-state index in [0.717, 1.165) is 0 Å². The van der Waals surface area contributed by atoms with E-state index in [1.807, 2.05) is 0 Å². The van der Waals surface area contributed by atoms with E-state index in [-0.39, 0.29) is 24.2 Å². The fraction of sp³-hybridized carbons (Fsp3) is 0.462. The molecule has 0 N–H and O–H groups in total. The van der Waals surface area contributed by atoms with E-state index < -0.39 is 0 Å². The van der Waals surface area contributed by atoms with Crippen LogP contribution in [0.4, 0.5) is 4.39 Å². The third-order valence-electron chi connectivity index (χ3n) is 3.03. The molecule has 5 heteroatoms. The van der Waals surface area contributed by atoms with Gasteiger partial charge in [0.05, 0.1) is 25.7 Å². The number of halogens is 2. The first-order chi connectivity index (χ1) is 8.72. The molecule has 1 aromatic rings. The second kappa shape index (κ2) is 6.16. The van der Waals surface area contributed by atoms with Crippen molar-refractivity contribution in [1.29, 1.82) is 0 Å². The summed E-state index contributed by atoms with van der Waals surface area (Å²) in [5, 5.41) is 0. The monoisotopic (exact) mass is 271 g/mol. The SMILES string of the molecule is O=C(Cc1ccccc1F)N1CCOCC1CCl. The summed E-state index contributed by atoms with van der Waals surface area (Å²) in [6, 6.07) is 6.22. The standard InChI is InChI=1S/C13H15ClFNO2/c14-8-11-9-18-6-5-16(11)13(17)7-10-3-1-2-4-12(10)15/h1-4,11H,5-9H2. The van der Waals surface area contributed by atoms with Gasteiger partial charge in [-0.15, -0.1) is 11.6 Å². The third kappa shape index (κ3) is 3.00. The van der Waals surface area contributed by atoms with Gasteiger partial charge in [-0.1, -0.05) is 18.2 Å². The summed E-state index contributed by atoms with van der Waals surface area (Å²) in [7, 11) is 0. The molecule has 0 spiro atoms. The smallest absolute Gasteiger partial charge is 0.227 e. The van der Waals surface area contributed by atoms with Crippen molar-refractivity contribution in [3.05, 3.63) is 35.6 Å². The van der Waals surface area contributed by atoms with Crippen LogP contribution in [0.15, 0.2) is 24.3 Å². The number of hydrogen-bond acceptors (Lipinski definition) is 2. The highest BCUT2D eigenvalue weighted by Gasteiger charge is 2.26. The number of rotatable bonds is 3. The fourth-order valence-corrected chi connectivity index (χ4v) is 2.27. The topological polar surface area (TPSA) is 29.5 Å². The Kier molecular flexibility index (Phi) is 4.55. The van der Waals surface area contributed by atoms with Crippen LogP contribution in [0.1, 0.15) is 5.56 Å². The lowest BCUT2D eigenvalue weighted by atomic mass is 10.1. The minimum absolute atomic E-state index is 0.0695. The summed E-state index contributed by atoms with van der Waals surface area (Å²) in [4.78, 5) is 13.8. The molecule has 1 aliphatic heterocycles. The first kappa shape index (κ1) is 13.3. The van der Waals surface area contributed by atoms with Crippen LogP contribution in [0.25, 0.3) is 0 Å². The number of benzene rings is 1. The minimum atomic E-state index is -0.346. The van der Waals surface area contributed by atoms with Gasteiger partial charge in [0.1, 0.15) is 5.82 Å². The minimum Gasteiger partial charge on any atom is -0.377 e. The van der Waals surface area contributed by atoms with Gasteiger partial charge >= 0.3 is 0 Å². The number of carbonyl (C=O) groups is 1. The highest BCUT2D eigenvalue weighted by atomic mass is 35.5. The Morgan fingerprint density at radius 2 is 2.28 bits per heavy atom. The molecule has 2 rings (SSSR count). The predicted octanol–water partition coefficient (Wildman–Crippen LogP) is 1.83. The lowest BCUT2D eigenvalue weighted by Crippen LogP contribution is -2.50. The molecule has 18 heavy (non-hydrogen) atoms. The molecule has 3 nitrogen and oxygen atoms in total. The number of nitrogens with zero attached hydrogens (tertiary/aromatic N) is 1. The number of hydrogen-bond donors (Lipinski definition) is 0. The summed E-state index contributed by atoms with van der Waals surface area (Å²) in [6.07, 6.45) is 0.0695. The molecule has 0 bridgehead atoms. The molecule has 98 valence electrons. The number of morpholine rings is 1. The van der Waals surface area contributed by atoms with Crippen molar-refractivity contribution in [2.24, 2.45) is 0 Å². The summed E-state index contributed by atoms with van der Waals surface area (Å²) >= 11 is 5.81. The highest BCUT2D eigenvalue weighted by Crippen LogP contribution is 2.13. The second-order valence-electron chi connectivity index (χ2n) is 4.24. The van der Waals surface area contributed by atoms with Crippen molar-refractivity contribution in [2.75, 3.05) is 25.6 Å². The molecule has 1 atom stereocenters. The maximum Gasteiger partial charge on any atom is 0.227 e. The van der Waals surface area contributed by atoms with E-state index in [1.54, 1.807) is 23.1 Å². The summed E-state index contributed by atoms with van der Waals surface area (Å²) in [5.74, 6) is -0.112. The van der Waals surface area contributed by atoms with Crippen LogP contribution in [0, 0.1) is 5.82 Å². The maximum absolute atomic E-state index is 13.5. The normalized spacial score (nSPS) is 19.9. The summed E-state index contributed by atoms with van der Waals surface area (Å²) < 4.78 is 18.7. The Hall–Kier alpha value is -1.13. The molecule has 1 aliphatic rings. The molecule has 1 amide bonds. The largest absolute Gasteiger partial charge is 0.377 e.